The smallest absolute Gasteiger partial charge is 0.283 e. The molecule has 0 N–H and O–H groups in total. The molecular weight excluding hydrogens is 324 g/mol. The summed E-state index contributed by atoms with van der Waals surface area (Å²) in [6, 6.07) is 7.02. The van der Waals surface area contributed by atoms with E-state index in [1.165, 1.54) is 6.07 Å². The van der Waals surface area contributed by atoms with E-state index in [1.54, 1.807) is 12.3 Å². The molecule has 0 saturated carbocycles. The third-order valence-corrected chi connectivity index (χ3v) is 4.02. The molecule has 0 atom stereocenters. The van der Waals surface area contributed by atoms with Crippen LogP contribution in [0.1, 0.15) is 16.9 Å². The van der Waals surface area contributed by atoms with E-state index in [2.05, 4.69) is 20.8 Å². The zero-order chi connectivity index (χ0) is 14.7. The van der Waals surface area contributed by atoms with Crippen molar-refractivity contribution in [3.63, 3.8) is 0 Å². The average Bonchev–Trinajstić information content (AvgIpc) is 2.77. The maximum atomic E-state index is 10.9. The minimum atomic E-state index is -0.381. The highest BCUT2D eigenvalue weighted by Gasteiger charge is 2.16. The molecule has 0 aliphatic rings. The summed E-state index contributed by atoms with van der Waals surface area (Å²) in [5.74, 6) is 0.898. The lowest BCUT2D eigenvalue weighted by Crippen LogP contribution is -2.17. The molecule has 106 valence electrons. The van der Waals surface area contributed by atoms with Crippen LogP contribution in [0.2, 0.25) is 0 Å². The fourth-order valence-electron chi connectivity index (χ4n) is 2.04. The van der Waals surface area contributed by atoms with E-state index in [0.717, 1.165) is 23.4 Å². The molecule has 1 aromatic carbocycles. The van der Waals surface area contributed by atoms with Crippen LogP contribution in [0.3, 0.4) is 0 Å². The summed E-state index contributed by atoms with van der Waals surface area (Å²) < 4.78 is 5.81. The molecule has 0 fully saturated rings. The van der Waals surface area contributed by atoms with Gasteiger partial charge in [0.25, 0.3) is 5.69 Å². The summed E-state index contributed by atoms with van der Waals surface area (Å²) in [7, 11) is 1.97. The van der Waals surface area contributed by atoms with Crippen LogP contribution in [-0.4, -0.2) is 16.9 Å². The fraction of sp³-hybridized carbons (Fsp3) is 0.286. The highest BCUT2D eigenvalue weighted by molar-refractivity contribution is 9.10. The van der Waals surface area contributed by atoms with E-state index in [4.69, 9.17) is 4.42 Å². The first-order chi connectivity index (χ1) is 9.49. The first-order valence-electron chi connectivity index (χ1n) is 6.12. The van der Waals surface area contributed by atoms with Crippen LogP contribution < -0.4 is 0 Å². The van der Waals surface area contributed by atoms with Gasteiger partial charge in [-0.2, -0.15) is 0 Å². The number of hydrogen-bond acceptors (Lipinski definition) is 4. The molecular formula is C14H15BrN2O3. The molecule has 0 radical (unpaired) electrons. The Kier molecular flexibility index (Phi) is 4.57. The highest BCUT2D eigenvalue weighted by Crippen LogP contribution is 2.29. The maximum absolute atomic E-state index is 10.9. The Morgan fingerprint density at radius 1 is 1.30 bits per heavy atom. The van der Waals surface area contributed by atoms with Gasteiger partial charge in [-0.3, -0.25) is 15.0 Å². The zero-order valence-electron chi connectivity index (χ0n) is 11.3. The number of hydrogen-bond donors (Lipinski definition) is 0. The van der Waals surface area contributed by atoms with Crippen LogP contribution in [0.4, 0.5) is 5.69 Å². The lowest BCUT2D eigenvalue weighted by molar-refractivity contribution is -0.385. The normalized spacial score (nSPS) is 11.0. The van der Waals surface area contributed by atoms with E-state index in [9.17, 15) is 10.1 Å². The number of nitro benzene ring substituents is 1. The monoisotopic (exact) mass is 338 g/mol. The molecule has 0 aliphatic heterocycles. The molecule has 0 spiro atoms. The molecule has 0 saturated heterocycles. The molecule has 1 aromatic heterocycles. The van der Waals surface area contributed by atoms with Gasteiger partial charge in [-0.1, -0.05) is 12.1 Å². The van der Waals surface area contributed by atoms with Gasteiger partial charge in [-0.25, -0.2) is 0 Å². The van der Waals surface area contributed by atoms with Crippen LogP contribution in [-0.2, 0) is 13.1 Å². The zero-order valence-corrected chi connectivity index (χ0v) is 12.9. The number of nitro groups is 1. The Labute approximate surface area is 125 Å². The van der Waals surface area contributed by atoms with E-state index in [0.29, 0.717) is 11.0 Å². The third-order valence-electron chi connectivity index (χ3n) is 3.10. The van der Waals surface area contributed by atoms with Crippen molar-refractivity contribution >= 4 is 21.6 Å². The van der Waals surface area contributed by atoms with Crippen molar-refractivity contribution in [3.05, 3.63) is 62.0 Å². The Balaban J connectivity index is 2.12. The second-order valence-corrected chi connectivity index (χ2v) is 5.47. The van der Waals surface area contributed by atoms with E-state index >= 15 is 0 Å². The Morgan fingerprint density at radius 2 is 2.00 bits per heavy atom. The van der Waals surface area contributed by atoms with Crippen molar-refractivity contribution in [1.29, 1.82) is 0 Å². The summed E-state index contributed by atoms with van der Waals surface area (Å²) in [6.07, 6.45) is 1.67. The van der Waals surface area contributed by atoms with Crippen molar-refractivity contribution in [1.82, 2.24) is 4.90 Å². The van der Waals surface area contributed by atoms with Crippen molar-refractivity contribution in [3.8, 4) is 0 Å². The van der Waals surface area contributed by atoms with Crippen molar-refractivity contribution < 1.29 is 9.34 Å². The SMILES string of the molecule is Cc1occc1CN(C)Cc1cccc([N+](=O)[O-])c1Br. The number of furan rings is 1. The van der Waals surface area contributed by atoms with Gasteiger partial charge in [-0.05, 0) is 41.5 Å². The molecule has 0 bridgehead atoms. The predicted octanol–water partition coefficient (Wildman–Crippen LogP) is 3.89. The van der Waals surface area contributed by atoms with Gasteiger partial charge in [0.1, 0.15) is 5.76 Å². The highest BCUT2D eigenvalue weighted by atomic mass is 79.9. The molecule has 2 rings (SSSR count). The van der Waals surface area contributed by atoms with Gasteiger partial charge in [0, 0.05) is 24.7 Å². The molecule has 2 aromatic rings. The minimum Gasteiger partial charge on any atom is -0.469 e. The van der Waals surface area contributed by atoms with Crippen molar-refractivity contribution in [2.45, 2.75) is 20.0 Å². The molecule has 5 nitrogen and oxygen atoms in total. The first kappa shape index (κ1) is 14.7. The summed E-state index contributed by atoms with van der Waals surface area (Å²) in [6.45, 7) is 3.27. The topological polar surface area (TPSA) is 59.5 Å². The second kappa shape index (κ2) is 6.19. The Morgan fingerprint density at radius 3 is 2.60 bits per heavy atom. The summed E-state index contributed by atoms with van der Waals surface area (Å²) >= 11 is 3.32. The van der Waals surface area contributed by atoms with Gasteiger partial charge < -0.3 is 4.42 Å². The standard InChI is InChI=1S/C14H15BrN2O3/c1-10-11(6-7-20-10)8-16(2)9-12-4-3-5-13(14(12)15)17(18)19/h3-7H,8-9H2,1-2H3. The van der Waals surface area contributed by atoms with Crippen LogP contribution in [0.25, 0.3) is 0 Å². The Hall–Kier alpha value is -1.66. The van der Waals surface area contributed by atoms with Gasteiger partial charge in [0.2, 0.25) is 0 Å². The van der Waals surface area contributed by atoms with Gasteiger partial charge in [0.15, 0.2) is 0 Å². The third kappa shape index (κ3) is 3.26. The van der Waals surface area contributed by atoms with Crippen LogP contribution in [0.5, 0.6) is 0 Å². The lowest BCUT2D eigenvalue weighted by Gasteiger charge is -2.17. The number of rotatable bonds is 5. The van der Waals surface area contributed by atoms with Gasteiger partial charge in [0.05, 0.1) is 15.7 Å². The van der Waals surface area contributed by atoms with Crippen molar-refractivity contribution in [2.24, 2.45) is 0 Å². The summed E-state index contributed by atoms with van der Waals surface area (Å²) in [5, 5.41) is 10.9. The fourth-order valence-corrected chi connectivity index (χ4v) is 2.58. The first-order valence-corrected chi connectivity index (χ1v) is 6.91. The number of nitrogens with zero attached hydrogens (tertiary/aromatic N) is 2. The summed E-state index contributed by atoms with van der Waals surface area (Å²) in [5.41, 5.74) is 2.10. The molecule has 20 heavy (non-hydrogen) atoms. The molecule has 1 heterocycles. The van der Waals surface area contributed by atoms with Crippen molar-refractivity contribution in [2.75, 3.05) is 7.05 Å². The quantitative estimate of drug-likeness (QED) is 0.612. The van der Waals surface area contributed by atoms with E-state index in [-0.39, 0.29) is 10.6 Å². The van der Waals surface area contributed by atoms with Crippen LogP contribution in [0, 0.1) is 17.0 Å². The largest absolute Gasteiger partial charge is 0.469 e. The lowest BCUT2D eigenvalue weighted by atomic mass is 10.1. The molecule has 6 heteroatoms. The van der Waals surface area contributed by atoms with Gasteiger partial charge in [-0.15, -0.1) is 0 Å². The minimum absolute atomic E-state index is 0.0930. The van der Waals surface area contributed by atoms with E-state index in [1.807, 2.05) is 26.1 Å². The number of benzene rings is 1. The predicted molar refractivity (Wildman–Crippen MR) is 79.4 cm³/mol. The summed E-state index contributed by atoms with van der Waals surface area (Å²) in [4.78, 5) is 12.6. The molecule has 0 aliphatic carbocycles. The maximum Gasteiger partial charge on any atom is 0.283 e. The second-order valence-electron chi connectivity index (χ2n) is 4.68. The van der Waals surface area contributed by atoms with Crippen LogP contribution in [0.15, 0.2) is 39.4 Å². The molecule has 0 amide bonds. The van der Waals surface area contributed by atoms with Crippen LogP contribution >= 0.6 is 15.9 Å². The van der Waals surface area contributed by atoms with Gasteiger partial charge >= 0.3 is 0 Å². The van der Waals surface area contributed by atoms with E-state index < -0.39 is 0 Å². The average molecular weight is 339 g/mol. The Bertz CT molecular complexity index is 625. The number of aryl methyl sites for hydroxylation is 1. The number of halogens is 1. The molecule has 0 unspecified atom stereocenters.